The molecular formula is C75H145NO5. The maximum Gasteiger partial charge on any atom is 0.305 e. The van der Waals surface area contributed by atoms with Crippen LogP contribution in [0.2, 0.25) is 0 Å². The molecule has 2 atom stereocenters. The van der Waals surface area contributed by atoms with Crippen LogP contribution in [0.15, 0.2) is 24.3 Å². The van der Waals surface area contributed by atoms with Gasteiger partial charge in [-0.25, -0.2) is 0 Å². The number of carbonyl (C=O) groups is 2. The quantitative estimate of drug-likeness (QED) is 0.0320. The van der Waals surface area contributed by atoms with Gasteiger partial charge in [-0.15, -0.1) is 0 Å². The fourth-order valence-electron chi connectivity index (χ4n) is 11.8. The monoisotopic (exact) mass is 1140 g/mol. The first-order chi connectivity index (χ1) is 40.0. The van der Waals surface area contributed by atoms with Gasteiger partial charge in [0.15, 0.2) is 0 Å². The Morgan fingerprint density at radius 3 is 0.877 bits per heavy atom. The standard InChI is InChI=1S/C75H145NO5/c1-3-5-7-9-11-13-15-17-45-49-53-57-61-65-69-75(80)81-70-66-62-58-54-50-46-42-40-38-36-34-32-30-28-26-24-22-20-18-19-21-23-25-27-29-31-33-35-37-39-41-44-48-52-56-60-64-68-74(79)76-72(71-77)73(78)67-63-59-55-51-47-43-16-14-12-10-8-6-4-2/h15,17,63,67,72-73,77-78H,3-14,16,18-62,64-66,68-71H2,1-2H3,(H,76,79)/b17-15-,67-63+. The van der Waals surface area contributed by atoms with E-state index >= 15 is 0 Å². The Hall–Kier alpha value is -1.66. The van der Waals surface area contributed by atoms with Crippen LogP contribution in [-0.4, -0.2) is 47.4 Å². The first kappa shape index (κ1) is 79.3. The highest BCUT2D eigenvalue weighted by atomic mass is 16.5. The van der Waals surface area contributed by atoms with Crippen molar-refractivity contribution in [3.63, 3.8) is 0 Å². The number of hydrogen-bond acceptors (Lipinski definition) is 5. The molecule has 1 amide bonds. The summed E-state index contributed by atoms with van der Waals surface area (Å²) in [6, 6.07) is -0.622. The van der Waals surface area contributed by atoms with Crippen LogP contribution in [0.5, 0.6) is 0 Å². The lowest BCUT2D eigenvalue weighted by molar-refractivity contribution is -0.143. The highest BCUT2D eigenvalue weighted by molar-refractivity contribution is 5.76. The number of nitrogens with one attached hydrogen (secondary N) is 1. The van der Waals surface area contributed by atoms with Crippen molar-refractivity contribution in [2.24, 2.45) is 0 Å². The highest BCUT2D eigenvalue weighted by Gasteiger charge is 2.18. The summed E-state index contributed by atoms with van der Waals surface area (Å²) in [4.78, 5) is 24.5. The summed E-state index contributed by atoms with van der Waals surface area (Å²) in [6.45, 7) is 4.92. The number of amides is 1. The summed E-state index contributed by atoms with van der Waals surface area (Å²) < 4.78 is 5.49. The van der Waals surface area contributed by atoms with Gasteiger partial charge in [-0.2, -0.15) is 0 Å². The van der Waals surface area contributed by atoms with Gasteiger partial charge in [-0.05, 0) is 57.8 Å². The zero-order valence-corrected chi connectivity index (χ0v) is 55.0. The van der Waals surface area contributed by atoms with E-state index in [1.165, 1.54) is 347 Å². The molecule has 0 aromatic rings. The predicted octanol–water partition coefficient (Wildman–Crippen LogP) is 24.1. The Bertz CT molecular complexity index is 1270. The van der Waals surface area contributed by atoms with Crippen LogP contribution in [0.25, 0.3) is 0 Å². The third kappa shape index (κ3) is 67.3. The second kappa shape index (κ2) is 70.8. The van der Waals surface area contributed by atoms with Crippen LogP contribution in [0.4, 0.5) is 0 Å². The van der Waals surface area contributed by atoms with Gasteiger partial charge in [0.1, 0.15) is 0 Å². The molecule has 0 saturated heterocycles. The van der Waals surface area contributed by atoms with Crippen LogP contribution in [0.1, 0.15) is 418 Å². The summed E-state index contributed by atoms with van der Waals surface area (Å²) in [5.74, 6) is -0.0452. The molecule has 6 nitrogen and oxygen atoms in total. The summed E-state index contributed by atoms with van der Waals surface area (Å²) in [5.41, 5.74) is 0. The van der Waals surface area contributed by atoms with Gasteiger partial charge in [-0.1, -0.05) is 372 Å². The van der Waals surface area contributed by atoms with Gasteiger partial charge in [0.05, 0.1) is 25.4 Å². The van der Waals surface area contributed by atoms with Crippen molar-refractivity contribution in [2.45, 2.75) is 431 Å². The van der Waals surface area contributed by atoms with Crippen molar-refractivity contribution in [2.75, 3.05) is 13.2 Å². The van der Waals surface area contributed by atoms with Crippen molar-refractivity contribution >= 4 is 11.9 Å². The molecule has 0 radical (unpaired) electrons. The number of aliphatic hydroxyl groups is 2. The smallest absolute Gasteiger partial charge is 0.305 e. The molecule has 0 saturated carbocycles. The molecule has 0 aliphatic rings. The number of carbonyl (C=O) groups excluding carboxylic acids is 2. The lowest BCUT2D eigenvalue weighted by Crippen LogP contribution is -2.45. The maximum atomic E-state index is 12.5. The zero-order chi connectivity index (χ0) is 58.5. The number of rotatable bonds is 70. The summed E-state index contributed by atoms with van der Waals surface area (Å²) in [7, 11) is 0. The lowest BCUT2D eigenvalue weighted by atomic mass is 10.0. The molecule has 0 aliphatic heterocycles. The molecule has 0 heterocycles. The first-order valence-corrected chi connectivity index (χ1v) is 37.1. The van der Waals surface area contributed by atoms with E-state index in [1.807, 2.05) is 6.08 Å². The Labute approximate surface area is 507 Å². The van der Waals surface area contributed by atoms with Crippen LogP contribution in [0, 0.1) is 0 Å². The number of aliphatic hydroxyl groups excluding tert-OH is 2. The van der Waals surface area contributed by atoms with Crippen LogP contribution in [0.3, 0.4) is 0 Å². The average Bonchev–Trinajstić information content (AvgIpc) is 3.47. The van der Waals surface area contributed by atoms with E-state index in [9.17, 15) is 19.8 Å². The van der Waals surface area contributed by atoms with E-state index in [0.29, 0.717) is 19.4 Å². The Kier molecular flexibility index (Phi) is 69.4. The molecule has 480 valence electrons. The molecule has 81 heavy (non-hydrogen) atoms. The van der Waals surface area contributed by atoms with E-state index in [1.54, 1.807) is 6.08 Å². The number of unbranched alkanes of at least 4 members (excludes halogenated alkanes) is 57. The Morgan fingerprint density at radius 2 is 0.580 bits per heavy atom. The fourth-order valence-corrected chi connectivity index (χ4v) is 11.8. The second-order valence-electron chi connectivity index (χ2n) is 25.6. The molecular weight excluding hydrogens is 995 g/mol. The van der Waals surface area contributed by atoms with Crippen LogP contribution < -0.4 is 5.32 Å². The molecule has 2 unspecified atom stereocenters. The molecule has 0 aliphatic carbocycles. The van der Waals surface area contributed by atoms with E-state index < -0.39 is 12.1 Å². The van der Waals surface area contributed by atoms with Crippen LogP contribution in [-0.2, 0) is 14.3 Å². The molecule has 3 N–H and O–H groups in total. The van der Waals surface area contributed by atoms with Gasteiger partial charge in [0.25, 0.3) is 0 Å². The van der Waals surface area contributed by atoms with Gasteiger partial charge < -0.3 is 20.3 Å². The zero-order valence-electron chi connectivity index (χ0n) is 55.0. The normalized spacial score (nSPS) is 12.6. The molecule has 0 rings (SSSR count). The number of ether oxygens (including phenoxy) is 1. The first-order valence-electron chi connectivity index (χ1n) is 37.1. The molecule has 6 heteroatoms. The van der Waals surface area contributed by atoms with Crippen molar-refractivity contribution < 1.29 is 24.5 Å². The average molecular weight is 1140 g/mol. The van der Waals surface area contributed by atoms with Gasteiger partial charge in [-0.3, -0.25) is 9.59 Å². The molecule has 0 aromatic heterocycles. The molecule has 0 bridgehead atoms. The van der Waals surface area contributed by atoms with E-state index in [2.05, 4.69) is 31.3 Å². The van der Waals surface area contributed by atoms with Crippen molar-refractivity contribution in [3.05, 3.63) is 24.3 Å². The van der Waals surface area contributed by atoms with Crippen molar-refractivity contribution in [3.8, 4) is 0 Å². The van der Waals surface area contributed by atoms with Gasteiger partial charge in [0, 0.05) is 12.8 Å². The summed E-state index contributed by atoms with van der Waals surface area (Å²) >= 11 is 0. The largest absolute Gasteiger partial charge is 0.466 e. The topological polar surface area (TPSA) is 95.9 Å². The molecule has 0 fully saturated rings. The van der Waals surface area contributed by atoms with E-state index in [4.69, 9.17) is 4.74 Å². The highest BCUT2D eigenvalue weighted by Crippen LogP contribution is 2.19. The molecule has 0 aromatic carbocycles. The SMILES string of the molecule is CCCCCCC/C=C\CCCCCCCC(=O)OCCCCCCCCCCCCCCCCCCCCCCCCCCCCCCCCCCCCCCCC(=O)NC(CO)C(O)/C=C/CCCCCCCCCCCCC. The lowest BCUT2D eigenvalue weighted by Gasteiger charge is -2.20. The Balaban J connectivity index is 3.29. The van der Waals surface area contributed by atoms with Gasteiger partial charge >= 0.3 is 5.97 Å². The minimum atomic E-state index is -0.839. The number of hydrogen-bond donors (Lipinski definition) is 3. The maximum absolute atomic E-state index is 12.5. The summed E-state index contributed by atoms with van der Waals surface area (Å²) in [5, 5.41) is 23.1. The summed E-state index contributed by atoms with van der Waals surface area (Å²) in [6.07, 6.45) is 90.1. The predicted molar refractivity (Wildman–Crippen MR) is 356 cm³/mol. The number of allylic oxidation sites excluding steroid dienone is 3. The number of esters is 1. The van der Waals surface area contributed by atoms with Crippen LogP contribution >= 0.6 is 0 Å². The Morgan fingerprint density at radius 1 is 0.333 bits per heavy atom. The second-order valence-corrected chi connectivity index (χ2v) is 25.6. The van der Waals surface area contributed by atoms with Crippen molar-refractivity contribution in [1.29, 1.82) is 0 Å². The minimum Gasteiger partial charge on any atom is -0.466 e. The van der Waals surface area contributed by atoms with E-state index in [0.717, 1.165) is 44.9 Å². The van der Waals surface area contributed by atoms with Crippen molar-refractivity contribution in [1.82, 2.24) is 5.32 Å². The third-order valence-electron chi connectivity index (χ3n) is 17.5. The fraction of sp³-hybridized carbons (Fsp3) is 0.920. The van der Waals surface area contributed by atoms with Gasteiger partial charge in [0.2, 0.25) is 5.91 Å². The molecule has 0 spiro atoms. The van der Waals surface area contributed by atoms with E-state index in [-0.39, 0.29) is 18.5 Å². The third-order valence-corrected chi connectivity index (χ3v) is 17.5. The minimum absolute atomic E-state index is 0.0152.